The van der Waals surface area contributed by atoms with E-state index in [4.69, 9.17) is 40.0 Å². The van der Waals surface area contributed by atoms with Gasteiger partial charge in [-0.15, -0.1) is 0 Å². The Balaban J connectivity index is 3.37. The van der Waals surface area contributed by atoms with Gasteiger partial charge in [0.05, 0.1) is 15.6 Å². The molecular weight excluding hydrogens is 239 g/mol. The van der Waals surface area contributed by atoms with Gasteiger partial charge in [-0.05, 0) is 12.1 Å². The lowest BCUT2D eigenvalue weighted by molar-refractivity contribution is 0.321. The third kappa shape index (κ3) is 2.24. The Bertz CT molecular complexity index is 344. The number of rotatable bonds is 1. The molecule has 0 aliphatic heterocycles. The van der Waals surface area contributed by atoms with Crippen LogP contribution >= 0.6 is 34.8 Å². The lowest BCUT2D eigenvalue weighted by Gasteiger charge is -2.03. The van der Waals surface area contributed by atoms with Gasteiger partial charge in [-0.3, -0.25) is 0 Å². The number of hydrogen-bond acceptors (Lipinski definition) is 2. The quantitative estimate of drug-likeness (QED) is 0.456. The van der Waals surface area contributed by atoms with Crippen molar-refractivity contribution in [3.05, 3.63) is 33.6 Å². The Hall–Kier alpha value is -0.510. The smallest absolute Gasteiger partial charge is 0.178 e. The van der Waals surface area contributed by atoms with Gasteiger partial charge in [0.1, 0.15) is 5.82 Å². The fraction of sp³-hybridized carbons (Fsp3) is 0. The standard InChI is InChI=1S/C7H3Cl3FNO/c8-4-1-3(11)2-5(9)6(4)7(10)12-13/h1-2,13H. The summed E-state index contributed by atoms with van der Waals surface area (Å²) in [5.41, 5.74) is 0.105. The largest absolute Gasteiger partial charge is 0.410 e. The van der Waals surface area contributed by atoms with Crippen molar-refractivity contribution >= 4 is 40.0 Å². The van der Waals surface area contributed by atoms with Crippen molar-refractivity contribution in [3.63, 3.8) is 0 Å². The molecule has 0 saturated carbocycles. The molecule has 0 radical (unpaired) electrons. The zero-order valence-corrected chi connectivity index (χ0v) is 8.33. The molecule has 70 valence electrons. The SMILES string of the molecule is ON=C(Cl)c1c(Cl)cc(F)cc1Cl. The van der Waals surface area contributed by atoms with Crippen LogP contribution < -0.4 is 0 Å². The summed E-state index contributed by atoms with van der Waals surface area (Å²) in [5.74, 6) is -0.582. The van der Waals surface area contributed by atoms with Gasteiger partial charge in [-0.2, -0.15) is 0 Å². The molecule has 1 rings (SSSR count). The first-order valence-electron chi connectivity index (χ1n) is 3.08. The minimum atomic E-state index is -0.582. The molecule has 0 heterocycles. The number of nitrogens with zero attached hydrogens (tertiary/aromatic N) is 1. The van der Waals surface area contributed by atoms with Crippen LogP contribution in [0.25, 0.3) is 0 Å². The highest BCUT2D eigenvalue weighted by Crippen LogP contribution is 2.27. The van der Waals surface area contributed by atoms with Gasteiger partial charge in [-0.25, -0.2) is 4.39 Å². The van der Waals surface area contributed by atoms with Crippen LogP contribution in [0.4, 0.5) is 4.39 Å². The predicted molar refractivity (Wildman–Crippen MR) is 50.6 cm³/mol. The van der Waals surface area contributed by atoms with Crippen LogP contribution in [0.3, 0.4) is 0 Å². The molecule has 0 aromatic heterocycles. The first-order chi connectivity index (χ1) is 6.06. The monoisotopic (exact) mass is 241 g/mol. The van der Waals surface area contributed by atoms with Crippen LogP contribution in [0.15, 0.2) is 17.3 Å². The second kappa shape index (κ2) is 4.13. The second-order valence-corrected chi connectivity index (χ2v) is 3.31. The number of hydrogen-bond donors (Lipinski definition) is 1. The van der Waals surface area contributed by atoms with Crippen LogP contribution in [-0.2, 0) is 0 Å². The van der Waals surface area contributed by atoms with E-state index in [1.165, 1.54) is 0 Å². The fourth-order valence-corrected chi connectivity index (χ4v) is 1.73. The Kier molecular flexibility index (Phi) is 3.36. The van der Waals surface area contributed by atoms with Crippen molar-refractivity contribution in [3.8, 4) is 0 Å². The van der Waals surface area contributed by atoms with Crippen LogP contribution in [0.1, 0.15) is 5.56 Å². The molecular formula is C7H3Cl3FNO. The van der Waals surface area contributed by atoms with Crippen molar-refractivity contribution in [1.29, 1.82) is 0 Å². The van der Waals surface area contributed by atoms with Gasteiger partial charge >= 0.3 is 0 Å². The number of oxime groups is 1. The van der Waals surface area contributed by atoms with E-state index in [1.54, 1.807) is 0 Å². The zero-order valence-electron chi connectivity index (χ0n) is 6.06. The van der Waals surface area contributed by atoms with E-state index in [9.17, 15) is 4.39 Å². The van der Waals surface area contributed by atoms with E-state index >= 15 is 0 Å². The lowest BCUT2D eigenvalue weighted by Crippen LogP contribution is -1.95. The first kappa shape index (κ1) is 10.6. The van der Waals surface area contributed by atoms with Gasteiger partial charge in [-0.1, -0.05) is 40.0 Å². The van der Waals surface area contributed by atoms with Gasteiger partial charge in [0.25, 0.3) is 0 Å². The van der Waals surface area contributed by atoms with Crippen molar-refractivity contribution in [2.24, 2.45) is 5.16 Å². The third-order valence-corrected chi connectivity index (χ3v) is 2.16. The Morgan fingerprint density at radius 2 is 1.77 bits per heavy atom. The van der Waals surface area contributed by atoms with Gasteiger partial charge in [0.2, 0.25) is 0 Å². The average Bonchev–Trinajstić information content (AvgIpc) is 2.02. The van der Waals surface area contributed by atoms with Crippen LogP contribution in [0, 0.1) is 5.82 Å². The maximum Gasteiger partial charge on any atom is 0.178 e. The summed E-state index contributed by atoms with van der Waals surface area (Å²) in [5, 5.41) is 10.8. The van der Waals surface area contributed by atoms with E-state index in [-0.39, 0.29) is 20.8 Å². The Morgan fingerprint density at radius 1 is 1.31 bits per heavy atom. The maximum atomic E-state index is 12.7. The lowest BCUT2D eigenvalue weighted by atomic mass is 10.2. The summed E-state index contributed by atoms with van der Waals surface area (Å²) in [6, 6.07) is 2.05. The van der Waals surface area contributed by atoms with E-state index in [2.05, 4.69) is 5.16 Å². The minimum Gasteiger partial charge on any atom is -0.410 e. The first-order valence-corrected chi connectivity index (χ1v) is 4.22. The molecule has 1 N–H and O–H groups in total. The Morgan fingerprint density at radius 3 is 2.15 bits per heavy atom. The normalized spacial score (nSPS) is 11.8. The summed E-state index contributed by atoms with van der Waals surface area (Å²) < 4.78 is 12.7. The zero-order chi connectivity index (χ0) is 10.0. The fourth-order valence-electron chi connectivity index (χ4n) is 0.789. The highest BCUT2D eigenvalue weighted by Gasteiger charge is 2.12. The molecule has 0 spiro atoms. The summed E-state index contributed by atoms with van der Waals surface area (Å²) >= 11 is 16.7. The molecule has 1 aromatic carbocycles. The molecule has 0 aliphatic rings. The summed E-state index contributed by atoms with van der Waals surface area (Å²) in [4.78, 5) is 0. The van der Waals surface area contributed by atoms with Crippen LogP contribution in [0.5, 0.6) is 0 Å². The Labute approximate surface area is 88.5 Å². The summed E-state index contributed by atoms with van der Waals surface area (Å²) in [7, 11) is 0. The molecule has 1 aromatic rings. The van der Waals surface area contributed by atoms with Gasteiger partial charge < -0.3 is 5.21 Å². The van der Waals surface area contributed by atoms with E-state index in [0.717, 1.165) is 12.1 Å². The molecule has 0 fully saturated rings. The van der Waals surface area contributed by atoms with E-state index in [0.29, 0.717) is 0 Å². The third-order valence-electron chi connectivity index (χ3n) is 1.30. The van der Waals surface area contributed by atoms with Crippen LogP contribution in [0.2, 0.25) is 10.0 Å². The predicted octanol–water partition coefficient (Wildman–Crippen LogP) is 3.51. The number of benzene rings is 1. The number of halogens is 4. The van der Waals surface area contributed by atoms with Crippen molar-refractivity contribution in [2.75, 3.05) is 0 Å². The summed E-state index contributed by atoms with van der Waals surface area (Å²) in [6.07, 6.45) is 0. The molecule has 2 nitrogen and oxygen atoms in total. The molecule has 0 bridgehead atoms. The van der Waals surface area contributed by atoms with Crippen LogP contribution in [-0.4, -0.2) is 10.4 Å². The molecule has 0 amide bonds. The summed E-state index contributed by atoms with van der Waals surface area (Å²) in [6.45, 7) is 0. The van der Waals surface area contributed by atoms with E-state index < -0.39 is 5.82 Å². The highest BCUT2D eigenvalue weighted by atomic mass is 35.5. The van der Waals surface area contributed by atoms with Crippen molar-refractivity contribution in [2.45, 2.75) is 0 Å². The second-order valence-electron chi connectivity index (χ2n) is 2.14. The molecule has 0 unspecified atom stereocenters. The molecule has 0 aliphatic carbocycles. The average molecular weight is 242 g/mol. The maximum absolute atomic E-state index is 12.7. The molecule has 13 heavy (non-hydrogen) atoms. The minimum absolute atomic E-state index is 0.00667. The van der Waals surface area contributed by atoms with E-state index in [1.807, 2.05) is 0 Å². The topological polar surface area (TPSA) is 32.6 Å². The molecule has 0 saturated heterocycles. The highest BCUT2D eigenvalue weighted by molar-refractivity contribution is 6.71. The van der Waals surface area contributed by atoms with Gasteiger partial charge in [0, 0.05) is 0 Å². The van der Waals surface area contributed by atoms with Crippen molar-refractivity contribution < 1.29 is 9.60 Å². The van der Waals surface area contributed by atoms with Crippen molar-refractivity contribution in [1.82, 2.24) is 0 Å². The molecule has 6 heteroatoms. The molecule has 0 atom stereocenters. The van der Waals surface area contributed by atoms with Gasteiger partial charge in [0.15, 0.2) is 5.17 Å².